The molecule has 1 atom stereocenters. The van der Waals surface area contributed by atoms with Crippen molar-refractivity contribution in [1.29, 1.82) is 0 Å². The fourth-order valence-electron chi connectivity index (χ4n) is 2.75. The summed E-state index contributed by atoms with van der Waals surface area (Å²) in [7, 11) is 0. The maximum atomic E-state index is 12.2. The quantitative estimate of drug-likeness (QED) is 0.765. The molecule has 3 N–H and O–H groups in total. The number of anilines is 2. The number of fused-ring (bicyclic) bond motifs is 1. The normalized spacial score (nSPS) is 21.4. The van der Waals surface area contributed by atoms with Gasteiger partial charge in [-0.1, -0.05) is 0 Å². The number of carbonyl (C=O) groups is 2. The average molecular weight is 273 g/mol. The van der Waals surface area contributed by atoms with Crippen LogP contribution in [0.25, 0.3) is 0 Å². The Bertz CT molecular complexity index is 532. The summed E-state index contributed by atoms with van der Waals surface area (Å²) in [6.07, 6.45) is 3.24. The van der Waals surface area contributed by atoms with Gasteiger partial charge in [-0.3, -0.25) is 9.59 Å². The largest absolute Gasteiger partial charge is 0.385 e. The summed E-state index contributed by atoms with van der Waals surface area (Å²) in [5.74, 6) is -0.0931. The Morgan fingerprint density at radius 3 is 2.95 bits per heavy atom. The van der Waals surface area contributed by atoms with Gasteiger partial charge in [0, 0.05) is 30.9 Å². The molecule has 2 aliphatic heterocycles. The molecule has 1 unspecified atom stereocenters. The van der Waals surface area contributed by atoms with Crippen LogP contribution >= 0.6 is 0 Å². The van der Waals surface area contributed by atoms with Gasteiger partial charge < -0.3 is 16.0 Å². The summed E-state index contributed by atoms with van der Waals surface area (Å²) in [5, 5.41) is 9.05. The Balaban J connectivity index is 1.65. The van der Waals surface area contributed by atoms with Crippen molar-refractivity contribution in [2.24, 2.45) is 5.92 Å². The van der Waals surface area contributed by atoms with Crippen molar-refractivity contribution in [3.05, 3.63) is 23.8 Å². The van der Waals surface area contributed by atoms with Crippen molar-refractivity contribution >= 4 is 23.2 Å². The number of hydrogen-bond acceptors (Lipinski definition) is 3. The van der Waals surface area contributed by atoms with Gasteiger partial charge in [0.2, 0.25) is 11.8 Å². The Hall–Kier alpha value is -2.04. The predicted octanol–water partition coefficient (Wildman–Crippen LogP) is 1.51. The van der Waals surface area contributed by atoms with E-state index in [9.17, 15) is 9.59 Å². The molecular weight excluding hydrogens is 254 g/mol. The van der Waals surface area contributed by atoms with Crippen molar-refractivity contribution in [2.45, 2.75) is 25.7 Å². The van der Waals surface area contributed by atoms with E-state index in [1.54, 1.807) is 0 Å². The van der Waals surface area contributed by atoms with Crippen LogP contribution in [0.2, 0.25) is 0 Å². The number of nitrogens with one attached hydrogen (secondary N) is 3. The van der Waals surface area contributed by atoms with Crippen LogP contribution in [-0.4, -0.2) is 24.9 Å². The predicted molar refractivity (Wildman–Crippen MR) is 77.6 cm³/mol. The first-order valence-electron chi connectivity index (χ1n) is 7.17. The Kier molecular flexibility index (Phi) is 3.58. The molecule has 0 saturated carbocycles. The fraction of sp³-hybridized carbons (Fsp3) is 0.467. The summed E-state index contributed by atoms with van der Waals surface area (Å²) >= 11 is 0. The van der Waals surface area contributed by atoms with Gasteiger partial charge in [-0.05, 0) is 43.0 Å². The molecule has 0 aromatic heterocycles. The molecule has 0 radical (unpaired) electrons. The standard InChI is InChI=1S/C15H19N3O2/c19-14-6-3-11(9-17-14)15(20)18-12-4-5-13-10(8-12)2-1-7-16-13/h4-5,8,11,16H,1-3,6-7,9H2,(H,17,19)(H,18,20). The molecule has 2 amide bonds. The van der Waals surface area contributed by atoms with E-state index in [1.165, 1.54) is 11.3 Å². The minimum absolute atomic E-state index is 0.00582. The van der Waals surface area contributed by atoms with E-state index >= 15 is 0 Å². The molecule has 2 aliphatic rings. The summed E-state index contributed by atoms with van der Waals surface area (Å²) < 4.78 is 0. The van der Waals surface area contributed by atoms with Crippen LogP contribution in [-0.2, 0) is 16.0 Å². The molecule has 0 spiro atoms. The van der Waals surface area contributed by atoms with Gasteiger partial charge in [0.15, 0.2) is 0 Å². The van der Waals surface area contributed by atoms with Gasteiger partial charge in [0.1, 0.15) is 0 Å². The monoisotopic (exact) mass is 273 g/mol. The second-order valence-corrected chi connectivity index (χ2v) is 5.43. The van der Waals surface area contributed by atoms with E-state index in [1.807, 2.05) is 18.2 Å². The van der Waals surface area contributed by atoms with Gasteiger partial charge in [0.25, 0.3) is 0 Å². The smallest absolute Gasteiger partial charge is 0.229 e. The second-order valence-electron chi connectivity index (χ2n) is 5.43. The zero-order valence-electron chi connectivity index (χ0n) is 11.4. The lowest BCUT2D eigenvalue weighted by atomic mass is 9.98. The maximum Gasteiger partial charge on any atom is 0.229 e. The summed E-state index contributed by atoms with van der Waals surface area (Å²) in [6, 6.07) is 5.99. The van der Waals surface area contributed by atoms with Crippen LogP contribution in [0.3, 0.4) is 0 Å². The molecule has 1 aromatic rings. The fourth-order valence-corrected chi connectivity index (χ4v) is 2.75. The zero-order chi connectivity index (χ0) is 13.9. The van der Waals surface area contributed by atoms with Gasteiger partial charge in [0.05, 0.1) is 5.92 Å². The van der Waals surface area contributed by atoms with Crippen molar-refractivity contribution in [3.8, 4) is 0 Å². The van der Waals surface area contributed by atoms with Gasteiger partial charge >= 0.3 is 0 Å². The highest BCUT2D eigenvalue weighted by atomic mass is 16.2. The molecule has 1 aromatic carbocycles. The molecular formula is C15H19N3O2. The number of hydrogen-bond donors (Lipinski definition) is 3. The highest BCUT2D eigenvalue weighted by Crippen LogP contribution is 2.25. The van der Waals surface area contributed by atoms with E-state index in [2.05, 4.69) is 16.0 Å². The number of carbonyl (C=O) groups excluding carboxylic acids is 2. The minimum Gasteiger partial charge on any atom is -0.385 e. The lowest BCUT2D eigenvalue weighted by Gasteiger charge is -2.22. The highest BCUT2D eigenvalue weighted by molar-refractivity contribution is 5.94. The number of benzene rings is 1. The van der Waals surface area contributed by atoms with Crippen LogP contribution in [0.4, 0.5) is 11.4 Å². The molecule has 2 heterocycles. The van der Waals surface area contributed by atoms with Crippen LogP contribution in [0, 0.1) is 5.92 Å². The Morgan fingerprint density at radius 2 is 2.15 bits per heavy atom. The van der Waals surface area contributed by atoms with E-state index in [4.69, 9.17) is 0 Å². The van der Waals surface area contributed by atoms with Crippen LogP contribution in [0.15, 0.2) is 18.2 Å². The lowest BCUT2D eigenvalue weighted by Crippen LogP contribution is -2.40. The topological polar surface area (TPSA) is 70.2 Å². The zero-order valence-corrected chi connectivity index (χ0v) is 11.4. The lowest BCUT2D eigenvalue weighted by molar-refractivity contribution is -0.126. The first-order valence-corrected chi connectivity index (χ1v) is 7.17. The molecule has 106 valence electrons. The minimum atomic E-state index is -0.123. The van der Waals surface area contributed by atoms with Gasteiger partial charge in [-0.2, -0.15) is 0 Å². The first-order chi connectivity index (χ1) is 9.72. The van der Waals surface area contributed by atoms with Crippen molar-refractivity contribution in [3.63, 3.8) is 0 Å². The number of piperidine rings is 1. The molecule has 1 fully saturated rings. The molecule has 20 heavy (non-hydrogen) atoms. The molecule has 1 saturated heterocycles. The number of rotatable bonds is 2. The van der Waals surface area contributed by atoms with Gasteiger partial charge in [-0.25, -0.2) is 0 Å². The van der Waals surface area contributed by atoms with Crippen molar-refractivity contribution in [1.82, 2.24) is 5.32 Å². The van der Waals surface area contributed by atoms with Crippen LogP contribution in [0.5, 0.6) is 0 Å². The van der Waals surface area contributed by atoms with Crippen molar-refractivity contribution < 1.29 is 9.59 Å². The third-order valence-electron chi connectivity index (χ3n) is 3.95. The summed E-state index contributed by atoms with van der Waals surface area (Å²) in [6.45, 7) is 1.46. The maximum absolute atomic E-state index is 12.2. The molecule has 0 bridgehead atoms. The Labute approximate surface area is 118 Å². The van der Waals surface area contributed by atoms with Crippen LogP contribution in [0.1, 0.15) is 24.8 Å². The third kappa shape index (κ3) is 2.76. The molecule has 0 aliphatic carbocycles. The highest BCUT2D eigenvalue weighted by Gasteiger charge is 2.24. The van der Waals surface area contributed by atoms with E-state index in [0.717, 1.165) is 25.1 Å². The third-order valence-corrected chi connectivity index (χ3v) is 3.95. The summed E-state index contributed by atoms with van der Waals surface area (Å²) in [5.41, 5.74) is 3.26. The average Bonchev–Trinajstić information content (AvgIpc) is 2.48. The SMILES string of the molecule is O=C1CCC(C(=O)Nc2ccc3c(c2)CCCN3)CN1. The van der Waals surface area contributed by atoms with E-state index < -0.39 is 0 Å². The Morgan fingerprint density at radius 1 is 1.25 bits per heavy atom. The first kappa shape index (κ1) is 13.0. The van der Waals surface area contributed by atoms with E-state index in [0.29, 0.717) is 19.4 Å². The van der Waals surface area contributed by atoms with E-state index in [-0.39, 0.29) is 17.7 Å². The number of aryl methyl sites for hydroxylation is 1. The molecule has 5 heteroatoms. The van der Waals surface area contributed by atoms with Crippen LogP contribution < -0.4 is 16.0 Å². The van der Waals surface area contributed by atoms with Gasteiger partial charge in [-0.15, -0.1) is 0 Å². The second kappa shape index (κ2) is 5.53. The number of amides is 2. The van der Waals surface area contributed by atoms with Crippen molar-refractivity contribution in [2.75, 3.05) is 23.7 Å². The summed E-state index contributed by atoms with van der Waals surface area (Å²) in [4.78, 5) is 23.3. The molecule has 3 rings (SSSR count). The molecule has 5 nitrogen and oxygen atoms in total.